The Morgan fingerprint density at radius 1 is 1.50 bits per heavy atom. The largest absolute Gasteiger partial charge is 0.481 e. The number of aliphatic carboxylic acids is 1. The van der Waals surface area contributed by atoms with E-state index in [1.54, 1.807) is 0 Å². The fraction of sp³-hybridized carbons (Fsp3) is 0.700. The molecule has 2 N–H and O–H groups in total. The van der Waals surface area contributed by atoms with Crippen molar-refractivity contribution in [2.75, 3.05) is 4.43 Å². The maximum absolute atomic E-state index is 11.1. The molecule has 0 saturated heterocycles. The third-order valence-electron chi connectivity index (χ3n) is 3.41. The van der Waals surface area contributed by atoms with Gasteiger partial charge in [-0.1, -0.05) is 34.7 Å². The van der Waals surface area contributed by atoms with Crippen molar-refractivity contribution < 1.29 is 15.0 Å². The van der Waals surface area contributed by atoms with Crippen LogP contribution in [0, 0.1) is 23.7 Å². The number of aliphatic hydroxyl groups excluding tert-OH is 1. The van der Waals surface area contributed by atoms with Crippen LogP contribution in [0.1, 0.15) is 6.42 Å². The summed E-state index contributed by atoms with van der Waals surface area (Å²) >= 11 is 2.11. The first kappa shape index (κ1) is 10.4. The zero-order valence-corrected chi connectivity index (χ0v) is 9.79. The highest BCUT2D eigenvalue weighted by molar-refractivity contribution is 14.1. The van der Waals surface area contributed by atoms with Gasteiger partial charge in [0.05, 0.1) is 12.0 Å². The lowest BCUT2D eigenvalue weighted by molar-refractivity contribution is -0.145. The number of aliphatic hydroxyl groups is 1. The van der Waals surface area contributed by atoms with Crippen molar-refractivity contribution in [1.29, 1.82) is 0 Å². The number of allylic oxidation sites excluding steroid dienone is 2. The van der Waals surface area contributed by atoms with Gasteiger partial charge in [-0.25, -0.2) is 0 Å². The molecule has 1 saturated carbocycles. The third-order valence-corrected chi connectivity index (χ3v) is 4.31. The average molecular weight is 308 g/mol. The van der Waals surface area contributed by atoms with Crippen LogP contribution in [0.2, 0.25) is 0 Å². The molecule has 0 aliphatic heterocycles. The van der Waals surface area contributed by atoms with Crippen molar-refractivity contribution in [3.8, 4) is 0 Å². The Morgan fingerprint density at radius 2 is 2.14 bits per heavy atom. The molecule has 1 fully saturated rings. The molecule has 0 aromatic heterocycles. The first-order valence-corrected chi connectivity index (χ1v) is 6.33. The monoisotopic (exact) mass is 308 g/mol. The summed E-state index contributed by atoms with van der Waals surface area (Å²) in [6.45, 7) is 0. The lowest BCUT2D eigenvalue weighted by Crippen LogP contribution is -2.36. The molecule has 0 aromatic carbocycles. The van der Waals surface area contributed by atoms with Crippen LogP contribution >= 0.6 is 22.6 Å². The smallest absolute Gasteiger partial charge is 0.307 e. The summed E-state index contributed by atoms with van der Waals surface area (Å²) in [6.07, 6.45) is 4.51. The molecule has 2 rings (SSSR count). The molecule has 2 aliphatic rings. The van der Waals surface area contributed by atoms with Gasteiger partial charge in [0.15, 0.2) is 0 Å². The first-order chi connectivity index (χ1) is 6.65. The van der Waals surface area contributed by atoms with Crippen LogP contribution in [0.15, 0.2) is 12.2 Å². The van der Waals surface area contributed by atoms with Gasteiger partial charge in [-0.2, -0.15) is 0 Å². The predicted molar refractivity (Wildman–Crippen MR) is 60.2 cm³/mol. The molecule has 5 atom stereocenters. The lowest BCUT2D eigenvalue weighted by Gasteiger charge is -2.28. The highest BCUT2D eigenvalue weighted by atomic mass is 127. The van der Waals surface area contributed by atoms with E-state index in [1.165, 1.54) is 0 Å². The Labute approximate surface area is 96.3 Å². The van der Waals surface area contributed by atoms with E-state index in [4.69, 9.17) is 5.11 Å². The summed E-state index contributed by atoms with van der Waals surface area (Å²) in [7, 11) is 0. The highest BCUT2D eigenvalue weighted by Crippen LogP contribution is 2.49. The Balaban J connectivity index is 2.22. The van der Waals surface area contributed by atoms with Crippen LogP contribution in [0.5, 0.6) is 0 Å². The van der Waals surface area contributed by atoms with Gasteiger partial charge in [-0.15, -0.1) is 0 Å². The van der Waals surface area contributed by atoms with Crippen LogP contribution in [-0.4, -0.2) is 26.7 Å². The van der Waals surface area contributed by atoms with E-state index in [1.807, 2.05) is 6.08 Å². The number of hydrogen-bond donors (Lipinski definition) is 2. The topological polar surface area (TPSA) is 57.5 Å². The highest BCUT2D eigenvalue weighted by Gasteiger charge is 2.50. The van der Waals surface area contributed by atoms with Gasteiger partial charge in [0, 0.05) is 10.3 Å². The van der Waals surface area contributed by atoms with E-state index < -0.39 is 12.1 Å². The van der Waals surface area contributed by atoms with Crippen molar-refractivity contribution in [2.24, 2.45) is 23.7 Å². The zero-order valence-electron chi connectivity index (χ0n) is 7.64. The van der Waals surface area contributed by atoms with Gasteiger partial charge < -0.3 is 10.2 Å². The number of carboxylic acid groups (broad SMARTS) is 1. The van der Waals surface area contributed by atoms with Crippen molar-refractivity contribution >= 4 is 28.6 Å². The number of rotatable bonds is 3. The minimum Gasteiger partial charge on any atom is -0.481 e. The van der Waals surface area contributed by atoms with Crippen LogP contribution in [0.25, 0.3) is 0 Å². The molecule has 14 heavy (non-hydrogen) atoms. The molecule has 0 spiro atoms. The molecule has 0 heterocycles. The van der Waals surface area contributed by atoms with Crippen molar-refractivity contribution in [3.05, 3.63) is 12.2 Å². The molecule has 78 valence electrons. The van der Waals surface area contributed by atoms with E-state index in [2.05, 4.69) is 28.7 Å². The summed E-state index contributed by atoms with van der Waals surface area (Å²) in [5, 5.41) is 18.9. The van der Waals surface area contributed by atoms with Crippen molar-refractivity contribution in [3.63, 3.8) is 0 Å². The van der Waals surface area contributed by atoms with Gasteiger partial charge in [-0.05, 0) is 18.3 Å². The summed E-state index contributed by atoms with van der Waals surface area (Å²) in [4.78, 5) is 11.1. The normalized spacial score (nSPS) is 41.6. The van der Waals surface area contributed by atoms with Crippen LogP contribution < -0.4 is 0 Å². The SMILES string of the molecule is O=C(O)[C@H]1[C@@H]([C@H](O)CI)[C@H]2C=C[C@@H]1C2. The molecular formula is C10H13IO3. The van der Waals surface area contributed by atoms with E-state index in [-0.39, 0.29) is 23.7 Å². The summed E-state index contributed by atoms with van der Waals surface area (Å²) < 4.78 is 0.614. The average Bonchev–Trinajstić information content (AvgIpc) is 2.74. The predicted octanol–water partition coefficient (Wildman–Crippen LogP) is 1.31. The molecule has 2 bridgehead atoms. The number of fused-ring (bicyclic) bond motifs is 2. The minimum absolute atomic E-state index is 0.0700. The van der Waals surface area contributed by atoms with Gasteiger partial charge in [-0.3, -0.25) is 4.79 Å². The summed E-state index contributed by atoms with van der Waals surface area (Å²) in [5.74, 6) is -0.754. The Kier molecular flexibility index (Phi) is 2.83. The summed E-state index contributed by atoms with van der Waals surface area (Å²) in [5.41, 5.74) is 0. The standard InChI is InChI=1S/C10H13IO3/c11-4-7(12)8-5-1-2-6(3-5)9(8)10(13)14/h1-2,5-9,12H,3-4H2,(H,13,14)/t5-,6+,7+,8+,9+/m0/s1. The maximum Gasteiger partial charge on any atom is 0.307 e. The second-order valence-corrected chi connectivity index (χ2v) is 4.99. The Bertz CT molecular complexity index is 277. The number of hydrogen-bond acceptors (Lipinski definition) is 2. The molecule has 0 radical (unpaired) electrons. The van der Waals surface area contributed by atoms with Gasteiger partial charge in [0.25, 0.3) is 0 Å². The van der Waals surface area contributed by atoms with Crippen LogP contribution in [-0.2, 0) is 4.79 Å². The summed E-state index contributed by atoms with van der Waals surface area (Å²) in [6, 6.07) is 0. The first-order valence-electron chi connectivity index (χ1n) is 4.80. The molecule has 0 aromatic rings. The number of alkyl halides is 1. The number of carboxylic acids is 1. The van der Waals surface area contributed by atoms with Gasteiger partial charge >= 0.3 is 5.97 Å². The molecule has 4 heteroatoms. The van der Waals surface area contributed by atoms with E-state index >= 15 is 0 Å². The Morgan fingerprint density at radius 3 is 2.71 bits per heavy atom. The molecular weight excluding hydrogens is 295 g/mol. The second-order valence-electron chi connectivity index (χ2n) is 4.11. The number of carbonyl (C=O) groups is 1. The Hall–Kier alpha value is -0.100. The van der Waals surface area contributed by atoms with E-state index in [0.29, 0.717) is 4.43 Å². The van der Waals surface area contributed by atoms with Crippen LogP contribution in [0.3, 0.4) is 0 Å². The molecule has 2 aliphatic carbocycles. The second kappa shape index (κ2) is 3.81. The van der Waals surface area contributed by atoms with E-state index in [0.717, 1.165) is 6.42 Å². The molecule has 3 nitrogen and oxygen atoms in total. The fourth-order valence-corrected chi connectivity index (χ4v) is 3.42. The molecule has 0 unspecified atom stereocenters. The van der Waals surface area contributed by atoms with E-state index in [9.17, 15) is 9.90 Å². The van der Waals surface area contributed by atoms with Gasteiger partial charge in [0.2, 0.25) is 0 Å². The third kappa shape index (κ3) is 1.48. The van der Waals surface area contributed by atoms with Crippen molar-refractivity contribution in [2.45, 2.75) is 12.5 Å². The minimum atomic E-state index is -0.754. The molecule has 0 amide bonds. The zero-order chi connectivity index (χ0) is 10.3. The van der Waals surface area contributed by atoms with Crippen LogP contribution in [0.4, 0.5) is 0 Å². The lowest BCUT2D eigenvalue weighted by atomic mass is 9.80. The van der Waals surface area contributed by atoms with Crippen molar-refractivity contribution in [1.82, 2.24) is 0 Å². The number of halogens is 1. The maximum atomic E-state index is 11.1. The fourth-order valence-electron chi connectivity index (χ4n) is 2.84. The van der Waals surface area contributed by atoms with Gasteiger partial charge in [0.1, 0.15) is 0 Å². The quantitative estimate of drug-likeness (QED) is 0.469.